The second-order valence-electron chi connectivity index (χ2n) is 6.65. The highest BCUT2D eigenvalue weighted by Crippen LogP contribution is 2.21. The molecular formula is C18H26ClN5O5. The van der Waals surface area contributed by atoms with E-state index >= 15 is 0 Å². The van der Waals surface area contributed by atoms with Crippen molar-refractivity contribution in [3.63, 3.8) is 0 Å². The van der Waals surface area contributed by atoms with Gasteiger partial charge in [0.2, 0.25) is 0 Å². The molecule has 0 fully saturated rings. The van der Waals surface area contributed by atoms with E-state index in [1.54, 1.807) is 19.2 Å². The number of anilines is 1. The zero-order valence-electron chi connectivity index (χ0n) is 16.5. The highest BCUT2D eigenvalue weighted by atomic mass is 35.5. The van der Waals surface area contributed by atoms with E-state index in [1.807, 2.05) is 6.92 Å². The molecule has 0 bridgehead atoms. The number of nitro groups is 1. The van der Waals surface area contributed by atoms with E-state index in [4.69, 9.17) is 0 Å². The number of aliphatic hydroxyl groups is 1. The summed E-state index contributed by atoms with van der Waals surface area (Å²) in [7, 11) is 3.01. The van der Waals surface area contributed by atoms with Crippen LogP contribution in [0.4, 0.5) is 11.5 Å². The Hall–Kier alpha value is -2.69. The van der Waals surface area contributed by atoms with Crippen molar-refractivity contribution in [2.24, 2.45) is 14.1 Å². The topological polar surface area (TPSA) is 131 Å². The lowest BCUT2D eigenvalue weighted by atomic mass is 10.0. The summed E-state index contributed by atoms with van der Waals surface area (Å²) in [6.07, 6.45) is -0.309. The summed E-state index contributed by atoms with van der Waals surface area (Å²) >= 11 is 0. The number of nitrogens with zero attached hydrogens (tertiary/aromatic N) is 3. The predicted molar refractivity (Wildman–Crippen MR) is 113 cm³/mol. The molecule has 0 aliphatic carbocycles. The fraction of sp³-hybridized carbons (Fsp3) is 0.444. The number of halogens is 1. The van der Waals surface area contributed by atoms with Gasteiger partial charge in [0.1, 0.15) is 5.82 Å². The molecule has 1 aromatic heterocycles. The standard InChI is InChI=1S/C18H25N5O5.ClH/c1-12(10-15(24)13-4-6-14(7-5-13)23(27)28)19-8-9-20-16-11-17(25)22(3)18(26)21(16)2;/h4-7,11-12,15,19-20,24H,8-10H2,1-3H3;1H. The molecule has 0 amide bonds. The first-order valence-corrected chi connectivity index (χ1v) is 8.87. The molecule has 0 radical (unpaired) electrons. The Kier molecular flexibility index (Phi) is 9.02. The third-order valence-corrected chi connectivity index (χ3v) is 4.52. The van der Waals surface area contributed by atoms with E-state index in [9.17, 15) is 24.8 Å². The largest absolute Gasteiger partial charge is 0.388 e. The first kappa shape index (κ1) is 24.3. The molecule has 1 heterocycles. The van der Waals surface area contributed by atoms with Gasteiger partial charge in [-0.25, -0.2) is 4.79 Å². The lowest BCUT2D eigenvalue weighted by molar-refractivity contribution is -0.384. The first-order valence-electron chi connectivity index (χ1n) is 8.87. The molecule has 0 aliphatic heterocycles. The third kappa shape index (κ3) is 6.41. The lowest BCUT2D eigenvalue weighted by Gasteiger charge is -2.19. The number of nitro benzene ring substituents is 1. The zero-order chi connectivity index (χ0) is 20.8. The zero-order valence-corrected chi connectivity index (χ0v) is 17.3. The van der Waals surface area contributed by atoms with Gasteiger partial charge in [-0.2, -0.15) is 0 Å². The van der Waals surface area contributed by atoms with Gasteiger partial charge in [0, 0.05) is 51.4 Å². The van der Waals surface area contributed by atoms with Gasteiger partial charge < -0.3 is 15.7 Å². The van der Waals surface area contributed by atoms with Crippen LogP contribution in [0.1, 0.15) is 25.0 Å². The summed E-state index contributed by atoms with van der Waals surface area (Å²) in [4.78, 5) is 33.8. The molecule has 1 aromatic carbocycles. The smallest absolute Gasteiger partial charge is 0.332 e. The van der Waals surface area contributed by atoms with Crippen LogP contribution in [0.15, 0.2) is 39.9 Å². The van der Waals surface area contributed by atoms with E-state index in [-0.39, 0.29) is 29.7 Å². The molecule has 3 N–H and O–H groups in total. The molecule has 2 aromatic rings. The van der Waals surface area contributed by atoms with Crippen LogP contribution in [0, 0.1) is 10.1 Å². The number of hydrogen-bond acceptors (Lipinski definition) is 7. The van der Waals surface area contributed by atoms with Gasteiger partial charge in [0.15, 0.2) is 0 Å². The van der Waals surface area contributed by atoms with Crippen LogP contribution in [-0.4, -0.2) is 38.3 Å². The molecule has 2 unspecified atom stereocenters. The van der Waals surface area contributed by atoms with E-state index < -0.39 is 16.7 Å². The van der Waals surface area contributed by atoms with Crippen LogP contribution in [0.3, 0.4) is 0 Å². The highest BCUT2D eigenvalue weighted by Gasteiger charge is 2.14. The van der Waals surface area contributed by atoms with Crippen molar-refractivity contribution in [2.75, 3.05) is 18.4 Å². The van der Waals surface area contributed by atoms with Gasteiger partial charge >= 0.3 is 5.69 Å². The van der Waals surface area contributed by atoms with Crippen molar-refractivity contribution in [2.45, 2.75) is 25.5 Å². The maximum Gasteiger partial charge on any atom is 0.332 e. The second-order valence-corrected chi connectivity index (χ2v) is 6.65. The molecule has 2 rings (SSSR count). The van der Waals surface area contributed by atoms with Gasteiger partial charge in [0.05, 0.1) is 11.0 Å². The van der Waals surface area contributed by atoms with Crippen molar-refractivity contribution in [3.05, 3.63) is 66.8 Å². The number of hydrogen-bond donors (Lipinski definition) is 3. The van der Waals surface area contributed by atoms with E-state index in [0.29, 0.717) is 30.9 Å². The summed E-state index contributed by atoms with van der Waals surface area (Å²) in [6, 6.07) is 7.19. The molecule has 0 saturated heterocycles. The molecule has 0 saturated carbocycles. The fourth-order valence-corrected chi connectivity index (χ4v) is 2.78. The van der Waals surface area contributed by atoms with Crippen molar-refractivity contribution in [3.8, 4) is 0 Å². The van der Waals surface area contributed by atoms with Crippen molar-refractivity contribution in [1.82, 2.24) is 14.5 Å². The first-order chi connectivity index (χ1) is 13.2. The Morgan fingerprint density at radius 2 is 1.76 bits per heavy atom. The van der Waals surface area contributed by atoms with Crippen LogP contribution >= 0.6 is 12.4 Å². The summed E-state index contributed by atoms with van der Waals surface area (Å²) in [5.41, 5.74) is -0.174. The monoisotopic (exact) mass is 427 g/mol. The Bertz CT molecular complexity index is 941. The summed E-state index contributed by atoms with van der Waals surface area (Å²) in [5.74, 6) is 0.438. The van der Waals surface area contributed by atoms with Crippen molar-refractivity contribution < 1.29 is 10.0 Å². The average molecular weight is 428 g/mol. The number of non-ortho nitro benzene ring substituents is 1. The SMILES string of the molecule is CC(CC(O)c1ccc([N+](=O)[O-])cc1)NCCNc1cc(=O)n(C)c(=O)n1C.Cl. The van der Waals surface area contributed by atoms with E-state index in [1.165, 1.54) is 29.8 Å². The molecule has 0 aliphatic rings. The maximum atomic E-state index is 11.9. The Morgan fingerprint density at radius 1 is 1.14 bits per heavy atom. The molecular weight excluding hydrogens is 402 g/mol. The molecule has 0 spiro atoms. The minimum absolute atomic E-state index is 0. The second kappa shape index (κ2) is 10.7. The molecule has 11 heteroatoms. The highest BCUT2D eigenvalue weighted by molar-refractivity contribution is 5.85. The van der Waals surface area contributed by atoms with Gasteiger partial charge in [-0.05, 0) is 31.0 Å². The minimum Gasteiger partial charge on any atom is -0.388 e. The van der Waals surface area contributed by atoms with Gasteiger partial charge in [0.25, 0.3) is 11.2 Å². The summed E-state index contributed by atoms with van der Waals surface area (Å²) in [5, 5.41) is 27.2. The van der Waals surface area contributed by atoms with Crippen molar-refractivity contribution in [1.29, 1.82) is 0 Å². The van der Waals surface area contributed by atoms with Gasteiger partial charge in [-0.1, -0.05) is 0 Å². The quantitative estimate of drug-likeness (QED) is 0.308. The normalized spacial score (nSPS) is 12.7. The number of aliphatic hydroxyl groups excluding tert-OH is 1. The van der Waals surface area contributed by atoms with Crippen molar-refractivity contribution >= 4 is 23.9 Å². The van der Waals surface area contributed by atoms with E-state index in [0.717, 1.165) is 4.57 Å². The Balaban J connectivity index is 0.00000420. The van der Waals surface area contributed by atoms with Crippen LogP contribution in [0.5, 0.6) is 0 Å². The number of benzene rings is 1. The fourth-order valence-electron chi connectivity index (χ4n) is 2.78. The Labute approximate surface area is 173 Å². The lowest BCUT2D eigenvalue weighted by Crippen LogP contribution is -2.38. The van der Waals surface area contributed by atoms with E-state index in [2.05, 4.69) is 10.6 Å². The Morgan fingerprint density at radius 3 is 2.34 bits per heavy atom. The molecule has 160 valence electrons. The molecule has 10 nitrogen and oxygen atoms in total. The van der Waals surface area contributed by atoms with Gasteiger partial charge in [-0.15, -0.1) is 12.4 Å². The summed E-state index contributed by atoms with van der Waals surface area (Å²) in [6.45, 7) is 2.96. The average Bonchev–Trinajstić information content (AvgIpc) is 2.67. The number of rotatable bonds is 9. The van der Waals surface area contributed by atoms with Gasteiger partial charge in [-0.3, -0.25) is 24.0 Å². The van der Waals surface area contributed by atoms with Crippen LogP contribution < -0.4 is 21.9 Å². The number of aromatic nitrogens is 2. The maximum absolute atomic E-state index is 11.9. The molecule has 29 heavy (non-hydrogen) atoms. The third-order valence-electron chi connectivity index (χ3n) is 4.52. The summed E-state index contributed by atoms with van der Waals surface area (Å²) < 4.78 is 2.40. The van der Waals surface area contributed by atoms with Crippen LogP contribution in [0.2, 0.25) is 0 Å². The van der Waals surface area contributed by atoms with Crippen LogP contribution in [0.25, 0.3) is 0 Å². The van der Waals surface area contributed by atoms with Crippen LogP contribution in [-0.2, 0) is 14.1 Å². The molecule has 2 atom stereocenters. The number of nitrogens with one attached hydrogen (secondary N) is 2. The minimum atomic E-state index is -0.741. The predicted octanol–water partition coefficient (Wildman–Crippen LogP) is 0.928.